The number of benzene rings is 1. The molecular weight excluding hydrogens is 340 g/mol. The van der Waals surface area contributed by atoms with Gasteiger partial charge in [0, 0.05) is 44.6 Å². The fraction of sp³-hybridized carbons (Fsp3) is 0.500. The fourth-order valence-electron chi connectivity index (χ4n) is 3.59. The van der Waals surface area contributed by atoms with E-state index in [1.54, 1.807) is 0 Å². The van der Waals surface area contributed by atoms with Crippen molar-refractivity contribution in [1.29, 1.82) is 0 Å². The van der Waals surface area contributed by atoms with Crippen LogP contribution in [0, 0.1) is 0 Å². The highest BCUT2D eigenvalue weighted by Gasteiger charge is 2.21. The number of aryl methyl sites for hydroxylation is 1. The number of amides is 1. The summed E-state index contributed by atoms with van der Waals surface area (Å²) in [5.41, 5.74) is 1.06. The molecule has 1 N–H and O–H groups in total. The Labute approximate surface area is 161 Å². The maximum absolute atomic E-state index is 12.1. The molecule has 1 aliphatic rings. The third-order valence-corrected chi connectivity index (χ3v) is 4.79. The van der Waals surface area contributed by atoms with Gasteiger partial charge in [-0.25, -0.2) is 0 Å². The first kappa shape index (κ1) is 19.6. The van der Waals surface area contributed by atoms with Gasteiger partial charge in [0.2, 0.25) is 5.91 Å². The molecule has 1 amide bonds. The lowest BCUT2D eigenvalue weighted by atomic mass is 10.2. The molecule has 0 saturated carbocycles. The highest BCUT2D eigenvalue weighted by molar-refractivity contribution is 5.76. The fourth-order valence-corrected chi connectivity index (χ4v) is 3.59. The van der Waals surface area contributed by atoms with Crippen LogP contribution >= 0.6 is 0 Å². The van der Waals surface area contributed by atoms with Crippen LogP contribution < -0.4 is 5.32 Å². The molecule has 2 unspecified atom stereocenters. The van der Waals surface area contributed by atoms with E-state index in [0.717, 1.165) is 43.1 Å². The molecule has 0 radical (unpaired) electrons. The van der Waals surface area contributed by atoms with Crippen LogP contribution in [0.5, 0.6) is 0 Å². The van der Waals surface area contributed by atoms with Gasteiger partial charge in [0.05, 0.1) is 12.2 Å². The van der Waals surface area contributed by atoms with Crippen molar-refractivity contribution in [2.24, 2.45) is 0 Å². The lowest BCUT2D eigenvalue weighted by molar-refractivity contribution is -0.121. The van der Waals surface area contributed by atoms with E-state index in [4.69, 9.17) is 9.15 Å². The van der Waals surface area contributed by atoms with Gasteiger partial charge in [-0.2, -0.15) is 0 Å². The topological polar surface area (TPSA) is 54.7 Å². The predicted molar refractivity (Wildman–Crippen MR) is 107 cm³/mol. The molecule has 5 heteroatoms. The number of rotatable bonds is 8. The standard InChI is InChI=1S/C22H30N2O3/c1-17-15-24(16-18(2)26-17)14-6-13-23-22(25)12-10-20-9-11-21(27-20)19-7-4-3-5-8-19/h3-5,7-9,11,17-18H,6,10,12-16H2,1-2H3,(H,23,25). The van der Waals surface area contributed by atoms with E-state index >= 15 is 0 Å². The molecule has 2 heterocycles. The molecule has 1 aliphatic heterocycles. The summed E-state index contributed by atoms with van der Waals surface area (Å²) in [5, 5.41) is 3.01. The first-order chi connectivity index (χ1) is 13.1. The summed E-state index contributed by atoms with van der Waals surface area (Å²) in [6, 6.07) is 13.9. The van der Waals surface area contributed by atoms with Crippen molar-refractivity contribution in [3.05, 3.63) is 48.2 Å². The van der Waals surface area contributed by atoms with Crippen molar-refractivity contribution in [2.45, 2.75) is 45.3 Å². The molecule has 0 spiro atoms. The number of nitrogens with one attached hydrogen (secondary N) is 1. The van der Waals surface area contributed by atoms with Crippen LogP contribution in [0.25, 0.3) is 11.3 Å². The third kappa shape index (κ3) is 6.22. The normalized spacial score (nSPS) is 20.5. The van der Waals surface area contributed by atoms with Crippen LogP contribution in [0.2, 0.25) is 0 Å². The molecule has 2 atom stereocenters. The van der Waals surface area contributed by atoms with Gasteiger partial charge in [0.15, 0.2) is 0 Å². The number of nitrogens with zero attached hydrogens (tertiary/aromatic N) is 1. The maximum atomic E-state index is 12.1. The molecule has 1 saturated heterocycles. The first-order valence-corrected chi connectivity index (χ1v) is 9.89. The average Bonchev–Trinajstić information content (AvgIpc) is 3.13. The average molecular weight is 370 g/mol. The lowest BCUT2D eigenvalue weighted by Crippen LogP contribution is -2.46. The van der Waals surface area contributed by atoms with E-state index in [2.05, 4.69) is 24.1 Å². The molecule has 1 aromatic carbocycles. The highest BCUT2D eigenvalue weighted by atomic mass is 16.5. The molecule has 3 rings (SSSR count). The van der Waals surface area contributed by atoms with Crippen molar-refractivity contribution in [2.75, 3.05) is 26.2 Å². The molecule has 2 aromatic rings. The van der Waals surface area contributed by atoms with Crippen molar-refractivity contribution in [3.8, 4) is 11.3 Å². The summed E-state index contributed by atoms with van der Waals surface area (Å²) in [4.78, 5) is 14.5. The van der Waals surface area contributed by atoms with Gasteiger partial charge in [-0.3, -0.25) is 9.69 Å². The summed E-state index contributed by atoms with van der Waals surface area (Å²) in [5.74, 6) is 1.77. The Kier molecular flexibility index (Phi) is 7.07. The van der Waals surface area contributed by atoms with Crippen molar-refractivity contribution in [3.63, 3.8) is 0 Å². The summed E-state index contributed by atoms with van der Waals surface area (Å²) in [6.45, 7) is 7.88. The Morgan fingerprint density at radius 1 is 1.11 bits per heavy atom. The second kappa shape index (κ2) is 9.72. The number of furan rings is 1. The number of carbonyl (C=O) groups excluding carboxylic acids is 1. The molecule has 0 bridgehead atoms. The monoisotopic (exact) mass is 370 g/mol. The van der Waals surface area contributed by atoms with Crippen LogP contribution in [-0.4, -0.2) is 49.2 Å². The number of morpholine rings is 1. The molecule has 0 aliphatic carbocycles. The summed E-state index contributed by atoms with van der Waals surface area (Å²) in [7, 11) is 0. The quantitative estimate of drug-likeness (QED) is 0.723. The lowest BCUT2D eigenvalue weighted by Gasteiger charge is -2.35. The Morgan fingerprint density at radius 2 is 1.85 bits per heavy atom. The minimum absolute atomic E-state index is 0.0800. The van der Waals surface area contributed by atoms with E-state index in [0.29, 0.717) is 19.4 Å². The zero-order valence-electron chi connectivity index (χ0n) is 16.3. The number of carbonyl (C=O) groups is 1. The molecule has 1 aromatic heterocycles. The van der Waals surface area contributed by atoms with Crippen LogP contribution in [0.3, 0.4) is 0 Å². The second-order valence-corrected chi connectivity index (χ2v) is 7.35. The molecule has 5 nitrogen and oxygen atoms in total. The molecular formula is C22H30N2O3. The second-order valence-electron chi connectivity index (χ2n) is 7.35. The molecule has 27 heavy (non-hydrogen) atoms. The minimum atomic E-state index is 0.0800. The van der Waals surface area contributed by atoms with Gasteiger partial charge in [0.25, 0.3) is 0 Å². The third-order valence-electron chi connectivity index (χ3n) is 4.79. The van der Waals surface area contributed by atoms with Gasteiger partial charge < -0.3 is 14.5 Å². The van der Waals surface area contributed by atoms with E-state index < -0.39 is 0 Å². The predicted octanol–water partition coefficient (Wildman–Crippen LogP) is 3.49. The van der Waals surface area contributed by atoms with E-state index in [1.165, 1.54) is 0 Å². The van der Waals surface area contributed by atoms with Crippen LogP contribution in [0.1, 0.15) is 32.4 Å². The largest absolute Gasteiger partial charge is 0.461 e. The van der Waals surface area contributed by atoms with E-state index in [-0.39, 0.29) is 18.1 Å². The van der Waals surface area contributed by atoms with E-state index in [9.17, 15) is 4.79 Å². The first-order valence-electron chi connectivity index (χ1n) is 9.89. The smallest absolute Gasteiger partial charge is 0.220 e. The van der Waals surface area contributed by atoms with Crippen molar-refractivity contribution >= 4 is 5.91 Å². The van der Waals surface area contributed by atoms with E-state index in [1.807, 2.05) is 42.5 Å². The Hall–Kier alpha value is -2.11. The van der Waals surface area contributed by atoms with Crippen LogP contribution in [0.15, 0.2) is 46.9 Å². The SMILES string of the molecule is CC1CN(CCCNC(=O)CCc2ccc(-c3ccccc3)o2)CC(C)O1. The Balaban J connectivity index is 1.33. The van der Waals surface area contributed by atoms with Gasteiger partial charge in [-0.15, -0.1) is 0 Å². The number of hydrogen-bond donors (Lipinski definition) is 1. The van der Waals surface area contributed by atoms with Gasteiger partial charge in [-0.1, -0.05) is 30.3 Å². The summed E-state index contributed by atoms with van der Waals surface area (Å²) in [6.07, 6.45) is 2.61. The van der Waals surface area contributed by atoms with Crippen molar-refractivity contribution in [1.82, 2.24) is 10.2 Å². The van der Waals surface area contributed by atoms with Gasteiger partial charge in [-0.05, 0) is 32.4 Å². The Bertz CT molecular complexity index is 703. The van der Waals surface area contributed by atoms with Crippen molar-refractivity contribution < 1.29 is 13.9 Å². The zero-order chi connectivity index (χ0) is 19.1. The summed E-state index contributed by atoms with van der Waals surface area (Å²) >= 11 is 0. The van der Waals surface area contributed by atoms with Gasteiger partial charge in [0.1, 0.15) is 11.5 Å². The molecule has 1 fully saturated rings. The zero-order valence-corrected chi connectivity index (χ0v) is 16.3. The van der Waals surface area contributed by atoms with Crippen LogP contribution in [-0.2, 0) is 16.0 Å². The maximum Gasteiger partial charge on any atom is 0.220 e. The number of hydrogen-bond acceptors (Lipinski definition) is 4. The van der Waals surface area contributed by atoms with Gasteiger partial charge >= 0.3 is 0 Å². The summed E-state index contributed by atoms with van der Waals surface area (Å²) < 4.78 is 11.6. The minimum Gasteiger partial charge on any atom is -0.461 e. The Morgan fingerprint density at radius 3 is 2.59 bits per heavy atom. The van der Waals surface area contributed by atoms with Crippen LogP contribution in [0.4, 0.5) is 0 Å². The molecule has 146 valence electrons. The highest BCUT2D eigenvalue weighted by Crippen LogP contribution is 2.22. The number of ether oxygens (including phenoxy) is 1.